The van der Waals surface area contributed by atoms with Crippen LogP contribution in [0.3, 0.4) is 0 Å². The molecule has 1 amide bonds. The number of rotatable bonds is 30. The smallest absolute Gasteiger partial charge is 0.220 e. The molecule has 0 aromatic carbocycles. The zero-order valence-corrected chi connectivity index (χ0v) is 33.4. The molecule has 2 fully saturated rings. The van der Waals surface area contributed by atoms with Gasteiger partial charge in [0.05, 0.1) is 32.0 Å². The molecule has 0 aromatic rings. The van der Waals surface area contributed by atoms with Gasteiger partial charge in [-0.25, -0.2) is 0 Å². The second kappa shape index (κ2) is 29.6. The van der Waals surface area contributed by atoms with Crippen LogP contribution in [-0.4, -0.2) is 140 Å². The quantitative estimate of drug-likeness (QED) is 0.0377. The number of amides is 1. The first-order chi connectivity index (χ1) is 26.6. The van der Waals surface area contributed by atoms with Crippen LogP contribution in [0, 0.1) is 0 Å². The highest BCUT2D eigenvalue weighted by Crippen LogP contribution is 2.29. The minimum Gasteiger partial charge on any atom is -0.394 e. The van der Waals surface area contributed by atoms with Gasteiger partial charge in [-0.2, -0.15) is 0 Å². The Balaban J connectivity index is 1.74. The zero-order valence-electron chi connectivity index (χ0n) is 33.4. The SMILES string of the molecule is CCCCCCCCCCCCCCCC/C=C/CC/C=C/C(O)C(COC1OC(CO)C(OC2OC(CO)C(O)C(O)C2O)C(O)C1O)NC(=O)CCC. The molecule has 0 aliphatic carbocycles. The van der Waals surface area contributed by atoms with Crippen LogP contribution in [0.15, 0.2) is 24.3 Å². The Morgan fingerprint density at radius 3 is 1.75 bits per heavy atom. The third kappa shape index (κ3) is 18.7. The van der Waals surface area contributed by atoms with Crippen LogP contribution < -0.4 is 5.32 Å². The van der Waals surface area contributed by atoms with Gasteiger partial charge in [0, 0.05) is 6.42 Å². The predicted octanol–water partition coefficient (Wildman–Crippen LogP) is 3.04. The zero-order chi connectivity index (χ0) is 40.4. The number of nitrogens with one attached hydrogen (secondary N) is 1. The van der Waals surface area contributed by atoms with Crippen molar-refractivity contribution < 1.29 is 64.6 Å². The second-order valence-electron chi connectivity index (χ2n) is 15.1. The Kier molecular flexibility index (Phi) is 26.7. The van der Waals surface area contributed by atoms with E-state index in [-0.39, 0.29) is 18.9 Å². The molecule has 12 unspecified atom stereocenters. The first-order valence-electron chi connectivity index (χ1n) is 21.1. The van der Waals surface area contributed by atoms with Crippen molar-refractivity contribution in [2.45, 2.75) is 209 Å². The van der Waals surface area contributed by atoms with Crippen molar-refractivity contribution in [3.63, 3.8) is 0 Å². The van der Waals surface area contributed by atoms with Gasteiger partial charge >= 0.3 is 0 Å². The average Bonchev–Trinajstić information content (AvgIpc) is 3.18. The molecule has 14 heteroatoms. The van der Waals surface area contributed by atoms with Crippen molar-refractivity contribution in [3.8, 4) is 0 Å². The number of aliphatic hydroxyl groups excluding tert-OH is 8. The summed E-state index contributed by atoms with van der Waals surface area (Å²) in [6, 6.07) is -0.922. The van der Waals surface area contributed by atoms with Crippen LogP contribution >= 0.6 is 0 Å². The summed E-state index contributed by atoms with van der Waals surface area (Å²) in [5.41, 5.74) is 0. The molecular formula is C41H75NO13. The molecule has 322 valence electrons. The molecule has 0 bridgehead atoms. The van der Waals surface area contributed by atoms with Gasteiger partial charge < -0.3 is 65.1 Å². The Bertz CT molecular complexity index is 1030. The van der Waals surface area contributed by atoms with E-state index in [1.807, 2.05) is 13.0 Å². The maximum absolute atomic E-state index is 12.5. The molecule has 2 saturated heterocycles. The molecule has 2 aliphatic rings. The molecule has 55 heavy (non-hydrogen) atoms. The maximum Gasteiger partial charge on any atom is 0.220 e. The van der Waals surface area contributed by atoms with Crippen LogP contribution in [0.25, 0.3) is 0 Å². The van der Waals surface area contributed by atoms with Gasteiger partial charge in [0.1, 0.15) is 48.8 Å². The van der Waals surface area contributed by atoms with Crippen LogP contribution in [0.2, 0.25) is 0 Å². The van der Waals surface area contributed by atoms with Gasteiger partial charge in [-0.05, 0) is 32.1 Å². The molecular weight excluding hydrogens is 714 g/mol. The van der Waals surface area contributed by atoms with E-state index in [2.05, 4.69) is 24.4 Å². The Hall–Kier alpha value is -1.53. The lowest BCUT2D eigenvalue weighted by molar-refractivity contribution is -0.359. The van der Waals surface area contributed by atoms with Crippen molar-refractivity contribution in [2.24, 2.45) is 0 Å². The predicted molar refractivity (Wildman–Crippen MR) is 208 cm³/mol. The number of carbonyl (C=O) groups excluding carboxylic acids is 1. The Labute approximate surface area is 328 Å². The monoisotopic (exact) mass is 790 g/mol. The summed E-state index contributed by atoms with van der Waals surface area (Å²) in [6.07, 6.45) is 12.9. The number of hydrogen-bond donors (Lipinski definition) is 9. The number of aliphatic hydroxyl groups is 8. The number of hydrogen-bond acceptors (Lipinski definition) is 13. The summed E-state index contributed by atoms with van der Waals surface area (Å²) >= 11 is 0. The summed E-state index contributed by atoms with van der Waals surface area (Å²) in [7, 11) is 0. The van der Waals surface area contributed by atoms with Gasteiger partial charge in [0.15, 0.2) is 12.6 Å². The summed E-state index contributed by atoms with van der Waals surface area (Å²) in [6.45, 7) is 2.37. The maximum atomic E-state index is 12.5. The summed E-state index contributed by atoms with van der Waals surface area (Å²) < 4.78 is 22.3. The number of carbonyl (C=O) groups is 1. The van der Waals surface area contributed by atoms with E-state index in [0.717, 1.165) is 12.8 Å². The van der Waals surface area contributed by atoms with E-state index in [4.69, 9.17) is 18.9 Å². The number of allylic oxidation sites excluding steroid dienone is 3. The van der Waals surface area contributed by atoms with Crippen LogP contribution in [0.4, 0.5) is 0 Å². The van der Waals surface area contributed by atoms with Gasteiger partial charge in [0.2, 0.25) is 5.91 Å². The van der Waals surface area contributed by atoms with Gasteiger partial charge in [0.25, 0.3) is 0 Å². The first-order valence-corrected chi connectivity index (χ1v) is 21.1. The fourth-order valence-electron chi connectivity index (χ4n) is 6.88. The third-order valence-electron chi connectivity index (χ3n) is 10.4. The lowest BCUT2D eigenvalue weighted by Crippen LogP contribution is -2.65. The molecule has 12 atom stereocenters. The van der Waals surface area contributed by atoms with Crippen molar-refractivity contribution in [1.82, 2.24) is 5.32 Å². The minimum atomic E-state index is -1.78. The third-order valence-corrected chi connectivity index (χ3v) is 10.4. The molecule has 2 rings (SSSR count). The largest absolute Gasteiger partial charge is 0.394 e. The van der Waals surface area contributed by atoms with E-state index in [1.165, 1.54) is 89.9 Å². The van der Waals surface area contributed by atoms with Crippen molar-refractivity contribution in [3.05, 3.63) is 24.3 Å². The van der Waals surface area contributed by atoms with E-state index >= 15 is 0 Å². The Morgan fingerprint density at radius 1 is 0.636 bits per heavy atom. The standard InChI is InChI=1S/C41H75NO13/c1-3-5-6-7-8-9-10-11-12-13-14-15-16-17-18-19-20-21-22-23-25-30(45)29(42-33(46)24-4-2)28-52-40-38(51)36(49)39(32(27-44)54-40)55-41-37(50)35(48)34(47)31(26-43)53-41/h19-20,23,25,29-32,34-41,43-45,47-51H,3-18,21-22,24,26-28H2,1-2H3,(H,42,46)/b20-19+,25-23+. The number of unbranched alkanes of at least 4 members (excludes halogenated alkanes) is 15. The van der Waals surface area contributed by atoms with Crippen molar-refractivity contribution >= 4 is 5.91 Å². The minimum absolute atomic E-state index is 0.224. The summed E-state index contributed by atoms with van der Waals surface area (Å²) in [5, 5.41) is 85.4. The van der Waals surface area contributed by atoms with Crippen molar-refractivity contribution in [1.29, 1.82) is 0 Å². The molecule has 2 aliphatic heterocycles. The molecule has 2 heterocycles. The van der Waals surface area contributed by atoms with Gasteiger partial charge in [-0.3, -0.25) is 4.79 Å². The van der Waals surface area contributed by atoms with Crippen LogP contribution in [0.1, 0.15) is 136 Å². The van der Waals surface area contributed by atoms with E-state index in [1.54, 1.807) is 6.08 Å². The fraction of sp³-hybridized carbons (Fsp3) is 0.878. The number of ether oxygens (including phenoxy) is 4. The summed E-state index contributed by atoms with van der Waals surface area (Å²) in [5.74, 6) is -0.304. The lowest BCUT2D eigenvalue weighted by Gasteiger charge is -2.46. The molecule has 9 N–H and O–H groups in total. The first kappa shape index (κ1) is 49.6. The second-order valence-corrected chi connectivity index (χ2v) is 15.1. The lowest BCUT2D eigenvalue weighted by atomic mass is 9.97. The topological polar surface area (TPSA) is 228 Å². The van der Waals surface area contributed by atoms with Crippen LogP contribution in [-0.2, 0) is 23.7 Å². The fourth-order valence-corrected chi connectivity index (χ4v) is 6.88. The molecule has 0 radical (unpaired) electrons. The van der Waals surface area contributed by atoms with E-state index in [9.17, 15) is 45.6 Å². The van der Waals surface area contributed by atoms with Crippen molar-refractivity contribution in [2.75, 3.05) is 19.8 Å². The normalized spacial score (nSPS) is 29.9. The average molecular weight is 790 g/mol. The highest BCUT2D eigenvalue weighted by atomic mass is 16.7. The van der Waals surface area contributed by atoms with Gasteiger partial charge in [-0.1, -0.05) is 122 Å². The molecule has 0 spiro atoms. The highest BCUT2D eigenvalue weighted by molar-refractivity contribution is 5.76. The molecule has 0 aromatic heterocycles. The molecule has 14 nitrogen and oxygen atoms in total. The highest BCUT2D eigenvalue weighted by Gasteiger charge is 2.50. The van der Waals surface area contributed by atoms with E-state index < -0.39 is 86.8 Å². The molecule has 0 saturated carbocycles. The van der Waals surface area contributed by atoms with Gasteiger partial charge in [-0.15, -0.1) is 0 Å². The summed E-state index contributed by atoms with van der Waals surface area (Å²) in [4.78, 5) is 12.5. The van der Waals surface area contributed by atoms with E-state index in [0.29, 0.717) is 12.8 Å². The Morgan fingerprint density at radius 2 is 1.16 bits per heavy atom. The van der Waals surface area contributed by atoms with Crippen LogP contribution in [0.5, 0.6) is 0 Å².